The molecule has 1 aliphatic heterocycles. The number of hydrogen-bond donors (Lipinski definition) is 2. The summed E-state index contributed by atoms with van der Waals surface area (Å²) in [5.41, 5.74) is 0. The minimum Gasteiger partial charge on any atom is -0.476 e. The van der Waals surface area contributed by atoms with Gasteiger partial charge in [0.25, 0.3) is 0 Å². The fourth-order valence-electron chi connectivity index (χ4n) is 2.86. The minimum absolute atomic E-state index is 0. The lowest BCUT2D eigenvalue weighted by molar-refractivity contribution is 0.265. The van der Waals surface area contributed by atoms with Crippen LogP contribution in [0.25, 0.3) is 0 Å². The number of pyridine rings is 1. The van der Waals surface area contributed by atoms with Crippen molar-refractivity contribution in [2.24, 2.45) is 10.9 Å². The van der Waals surface area contributed by atoms with E-state index in [1.807, 2.05) is 0 Å². The number of nitrogens with one attached hydrogen (secondary N) is 2. The van der Waals surface area contributed by atoms with Crippen molar-refractivity contribution in [3.63, 3.8) is 0 Å². The molecule has 26 heavy (non-hydrogen) atoms. The lowest BCUT2D eigenvalue weighted by Crippen LogP contribution is -2.47. The predicted molar refractivity (Wildman–Crippen MR) is 119 cm³/mol. The number of ether oxygens (including phenoxy) is 1. The predicted octanol–water partition coefficient (Wildman–Crippen LogP) is 3.02. The molecule has 0 radical (unpaired) electrons. The van der Waals surface area contributed by atoms with E-state index in [-0.39, 0.29) is 24.0 Å². The fraction of sp³-hybridized carbons (Fsp3) is 0.667. The minimum atomic E-state index is 0. The van der Waals surface area contributed by atoms with Gasteiger partial charge in [-0.3, -0.25) is 4.90 Å². The van der Waals surface area contributed by atoms with Crippen LogP contribution in [0.4, 0.5) is 0 Å². The van der Waals surface area contributed by atoms with Crippen LogP contribution in [-0.4, -0.2) is 60.7 Å². The van der Waals surface area contributed by atoms with Gasteiger partial charge in [-0.25, -0.2) is 9.98 Å². The SMILES string of the molecule is CCNC(=NCCOc1ccc(Cl)cn1)NC1CN(C(C)C)CC1C.I. The van der Waals surface area contributed by atoms with Crippen molar-refractivity contribution in [2.75, 3.05) is 32.8 Å². The van der Waals surface area contributed by atoms with Crippen LogP contribution in [0.1, 0.15) is 27.7 Å². The Morgan fingerprint density at radius 1 is 1.42 bits per heavy atom. The van der Waals surface area contributed by atoms with Gasteiger partial charge in [0.2, 0.25) is 5.88 Å². The number of halogens is 2. The monoisotopic (exact) mass is 495 g/mol. The van der Waals surface area contributed by atoms with Crippen LogP contribution in [0.5, 0.6) is 5.88 Å². The van der Waals surface area contributed by atoms with Crippen LogP contribution in [0.15, 0.2) is 23.3 Å². The van der Waals surface area contributed by atoms with Crippen LogP contribution in [0, 0.1) is 5.92 Å². The molecular weight excluding hydrogens is 465 g/mol. The van der Waals surface area contributed by atoms with E-state index in [0.29, 0.717) is 42.1 Å². The van der Waals surface area contributed by atoms with E-state index in [9.17, 15) is 0 Å². The fourth-order valence-corrected chi connectivity index (χ4v) is 2.98. The molecule has 2 rings (SSSR count). The van der Waals surface area contributed by atoms with Gasteiger partial charge in [0.05, 0.1) is 11.6 Å². The van der Waals surface area contributed by atoms with Gasteiger partial charge in [0, 0.05) is 44.0 Å². The molecule has 1 aromatic heterocycles. The van der Waals surface area contributed by atoms with E-state index in [1.165, 1.54) is 0 Å². The molecule has 148 valence electrons. The van der Waals surface area contributed by atoms with E-state index in [2.05, 4.69) is 53.2 Å². The summed E-state index contributed by atoms with van der Waals surface area (Å²) in [6, 6.07) is 4.52. The van der Waals surface area contributed by atoms with Gasteiger partial charge in [-0.2, -0.15) is 0 Å². The summed E-state index contributed by atoms with van der Waals surface area (Å²) in [5, 5.41) is 7.48. The van der Waals surface area contributed by atoms with E-state index >= 15 is 0 Å². The van der Waals surface area contributed by atoms with Gasteiger partial charge in [-0.05, 0) is 32.8 Å². The first-order chi connectivity index (χ1) is 12.0. The smallest absolute Gasteiger partial charge is 0.213 e. The Morgan fingerprint density at radius 2 is 2.19 bits per heavy atom. The standard InChI is InChI=1S/C18H30ClN5O.HI/c1-5-20-18(23-16-12-24(13(2)3)11-14(16)4)21-8-9-25-17-7-6-15(19)10-22-17;/h6-7,10,13-14,16H,5,8-9,11-12H2,1-4H3,(H2,20,21,23);1H. The van der Waals surface area contributed by atoms with Gasteiger partial charge in [-0.15, -0.1) is 24.0 Å². The zero-order valence-electron chi connectivity index (χ0n) is 16.0. The molecular formula is C18H31ClIN5O. The summed E-state index contributed by atoms with van der Waals surface area (Å²) in [7, 11) is 0. The number of aromatic nitrogens is 1. The second-order valence-corrected chi connectivity index (χ2v) is 7.14. The van der Waals surface area contributed by atoms with Crippen LogP contribution in [-0.2, 0) is 0 Å². The summed E-state index contributed by atoms with van der Waals surface area (Å²) in [4.78, 5) is 11.2. The molecule has 1 aliphatic rings. The molecule has 2 N–H and O–H groups in total. The second kappa shape index (κ2) is 11.8. The molecule has 0 aromatic carbocycles. The third kappa shape index (κ3) is 7.44. The first-order valence-corrected chi connectivity index (χ1v) is 9.40. The van der Waals surface area contributed by atoms with Crippen molar-refractivity contribution >= 4 is 41.5 Å². The molecule has 1 saturated heterocycles. The van der Waals surface area contributed by atoms with Crippen molar-refractivity contribution in [1.29, 1.82) is 0 Å². The lowest BCUT2D eigenvalue weighted by Gasteiger charge is -2.21. The number of likely N-dealkylation sites (tertiary alicyclic amines) is 1. The topological polar surface area (TPSA) is 61.8 Å². The summed E-state index contributed by atoms with van der Waals surface area (Å²) in [6.07, 6.45) is 1.58. The highest BCUT2D eigenvalue weighted by molar-refractivity contribution is 14.0. The van der Waals surface area contributed by atoms with Gasteiger partial charge in [-0.1, -0.05) is 18.5 Å². The van der Waals surface area contributed by atoms with E-state index in [1.54, 1.807) is 18.3 Å². The first kappa shape index (κ1) is 23.2. The summed E-state index contributed by atoms with van der Waals surface area (Å²) in [5.74, 6) is 2.01. The molecule has 6 nitrogen and oxygen atoms in total. The normalized spacial score (nSPS) is 20.8. The van der Waals surface area contributed by atoms with Crippen LogP contribution >= 0.6 is 35.6 Å². The number of nitrogens with zero attached hydrogens (tertiary/aromatic N) is 3. The third-order valence-electron chi connectivity index (χ3n) is 4.35. The number of hydrogen-bond acceptors (Lipinski definition) is 4. The Balaban J connectivity index is 0.00000338. The molecule has 0 saturated carbocycles. The molecule has 0 spiro atoms. The van der Waals surface area contributed by atoms with Gasteiger partial charge in [0.15, 0.2) is 5.96 Å². The van der Waals surface area contributed by atoms with Gasteiger partial charge >= 0.3 is 0 Å². The maximum absolute atomic E-state index is 5.81. The first-order valence-electron chi connectivity index (χ1n) is 9.02. The molecule has 2 heterocycles. The van der Waals surface area contributed by atoms with Gasteiger partial charge in [0.1, 0.15) is 6.61 Å². The van der Waals surface area contributed by atoms with Crippen molar-refractivity contribution < 1.29 is 4.74 Å². The zero-order chi connectivity index (χ0) is 18.2. The van der Waals surface area contributed by atoms with Crippen molar-refractivity contribution in [2.45, 2.75) is 39.8 Å². The van der Waals surface area contributed by atoms with Crippen LogP contribution in [0.2, 0.25) is 5.02 Å². The third-order valence-corrected chi connectivity index (χ3v) is 4.57. The molecule has 2 unspecified atom stereocenters. The summed E-state index contributed by atoms with van der Waals surface area (Å²) in [6.45, 7) is 12.9. The van der Waals surface area contributed by atoms with Crippen molar-refractivity contribution in [3.8, 4) is 5.88 Å². The second-order valence-electron chi connectivity index (χ2n) is 6.70. The maximum atomic E-state index is 5.81. The molecule has 1 fully saturated rings. The van der Waals surface area contributed by atoms with Crippen LogP contribution < -0.4 is 15.4 Å². The Hall–Kier alpha value is -0.800. The molecule has 1 aromatic rings. The summed E-state index contributed by atoms with van der Waals surface area (Å²) < 4.78 is 5.59. The number of guanidine groups is 1. The highest BCUT2D eigenvalue weighted by atomic mass is 127. The average molecular weight is 496 g/mol. The van der Waals surface area contributed by atoms with Crippen molar-refractivity contribution in [3.05, 3.63) is 23.4 Å². The largest absolute Gasteiger partial charge is 0.476 e. The molecule has 0 amide bonds. The van der Waals surface area contributed by atoms with Crippen LogP contribution in [0.3, 0.4) is 0 Å². The number of rotatable bonds is 7. The Labute approximate surface area is 179 Å². The Bertz CT molecular complexity index is 555. The molecule has 0 aliphatic carbocycles. The van der Waals surface area contributed by atoms with E-state index in [0.717, 1.165) is 25.6 Å². The average Bonchev–Trinajstić information content (AvgIpc) is 2.94. The molecule has 8 heteroatoms. The lowest BCUT2D eigenvalue weighted by atomic mass is 10.1. The Morgan fingerprint density at radius 3 is 2.77 bits per heavy atom. The Kier molecular flexibility index (Phi) is 10.6. The summed E-state index contributed by atoms with van der Waals surface area (Å²) >= 11 is 5.81. The van der Waals surface area contributed by atoms with Gasteiger partial charge < -0.3 is 15.4 Å². The quantitative estimate of drug-likeness (QED) is 0.264. The number of aliphatic imine (C=N–C) groups is 1. The zero-order valence-corrected chi connectivity index (χ0v) is 19.1. The van der Waals surface area contributed by atoms with E-state index < -0.39 is 0 Å². The highest BCUT2D eigenvalue weighted by Crippen LogP contribution is 2.18. The molecule has 0 bridgehead atoms. The highest BCUT2D eigenvalue weighted by Gasteiger charge is 2.31. The molecule has 2 atom stereocenters. The van der Waals surface area contributed by atoms with E-state index in [4.69, 9.17) is 16.3 Å². The van der Waals surface area contributed by atoms with Crippen molar-refractivity contribution in [1.82, 2.24) is 20.5 Å². The maximum Gasteiger partial charge on any atom is 0.213 e.